The van der Waals surface area contributed by atoms with E-state index in [4.69, 9.17) is 25.8 Å². The van der Waals surface area contributed by atoms with Gasteiger partial charge in [0.2, 0.25) is 5.88 Å². The molecule has 0 amide bonds. The number of fused-ring (bicyclic) bond motifs is 1. The number of carbonyl (C=O) groups is 1. The van der Waals surface area contributed by atoms with E-state index in [2.05, 4.69) is 56.1 Å². The summed E-state index contributed by atoms with van der Waals surface area (Å²) in [6.45, 7) is 6.89. The Labute approximate surface area is 225 Å². The van der Waals surface area contributed by atoms with Gasteiger partial charge in [-0.3, -0.25) is 0 Å². The molecule has 1 heterocycles. The number of carbonyl (C=O) groups excluding carboxylic acids is 1. The molecule has 0 radical (unpaired) electrons. The highest BCUT2D eigenvalue weighted by molar-refractivity contribution is 6.33. The Bertz CT molecular complexity index is 1250. The van der Waals surface area contributed by atoms with Gasteiger partial charge in [0.25, 0.3) is 0 Å². The van der Waals surface area contributed by atoms with Gasteiger partial charge in [-0.2, -0.15) is 0 Å². The molecule has 0 saturated heterocycles. The summed E-state index contributed by atoms with van der Waals surface area (Å²) in [4.78, 5) is 15.4. The van der Waals surface area contributed by atoms with Crippen LogP contribution in [0.5, 0.6) is 11.6 Å². The minimum Gasteiger partial charge on any atom is -0.489 e. The first-order valence-electron chi connectivity index (χ1n) is 12.8. The zero-order chi connectivity index (χ0) is 26.6. The number of rotatable bonds is 9. The summed E-state index contributed by atoms with van der Waals surface area (Å²) < 4.78 is 17.6. The van der Waals surface area contributed by atoms with Crippen LogP contribution in [0.25, 0.3) is 11.1 Å². The van der Waals surface area contributed by atoms with Gasteiger partial charge in [0.15, 0.2) is 0 Å². The second kappa shape index (κ2) is 11.7. The van der Waals surface area contributed by atoms with E-state index in [0.29, 0.717) is 23.9 Å². The quantitative estimate of drug-likeness (QED) is 0.269. The topological polar surface area (TPSA) is 57.7 Å². The maximum absolute atomic E-state index is 11.2. The van der Waals surface area contributed by atoms with E-state index in [1.807, 2.05) is 12.1 Å². The summed E-state index contributed by atoms with van der Waals surface area (Å²) >= 11 is 6.59. The molecule has 196 valence electrons. The lowest BCUT2D eigenvalue weighted by Gasteiger charge is -2.32. The van der Waals surface area contributed by atoms with Gasteiger partial charge in [-0.1, -0.05) is 50.6 Å². The van der Waals surface area contributed by atoms with Crippen molar-refractivity contribution >= 4 is 17.9 Å². The molecular weight excluding hydrogens is 486 g/mol. The second-order valence-electron chi connectivity index (χ2n) is 10.8. The van der Waals surface area contributed by atoms with Crippen molar-refractivity contribution in [1.29, 1.82) is 0 Å². The molecule has 0 saturated carbocycles. The first-order valence-corrected chi connectivity index (χ1v) is 13.2. The Morgan fingerprint density at radius 2 is 1.92 bits per heavy atom. The number of methoxy groups -OCH3 is 2. The predicted molar refractivity (Wildman–Crippen MR) is 148 cm³/mol. The molecule has 37 heavy (non-hydrogen) atoms. The number of ether oxygens (including phenoxy) is 3. The van der Waals surface area contributed by atoms with Crippen LogP contribution in [-0.4, -0.2) is 25.5 Å². The molecular formula is C31H36ClNO4. The lowest BCUT2D eigenvalue weighted by molar-refractivity contribution is -0.108. The highest BCUT2D eigenvalue weighted by Gasteiger charge is 2.29. The van der Waals surface area contributed by atoms with Crippen LogP contribution in [-0.2, 0) is 22.6 Å². The fourth-order valence-corrected chi connectivity index (χ4v) is 5.55. The molecule has 2 aromatic carbocycles. The normalized spacial score (nSPS) is 16.1. The van der Waals surface area contributed by atoms with Crippen LogP contribution in [0.3, 0.4) is 0 Å². The van der Waals surface area contributed by atoms with Gasteiger partial charge in [-0.25, -0.2) is 4.98 Å². The Morgan fingerprint density at radius 1 is 1.11 bits per heavy atom. The maximum Gasteiger partial charge on any atom is 0.213 e. The minimum absolute atomic E-state index is 0.154. The number of aldehydes is 1. The maximum atomic E-state index is 11.2. The van der Waals surface area contributed by atoms with Crippen molar-refractivity contribution in [2.24, 2.45) is 5.41 Å². The Hall–Kier alpha value is -2.89. The van der Waals surface area contributed by atoms with Gasteiger partial charge in [0.1, 0.15) is 18.6 Å². The van der Waals surface area contributed by atoms with E-state index in [1.54, 1.807) is 20.4 Å². The Morgan fingerprint density at radius 3 is 2.62 bits per heavy atom. The monoisotopic (exact) mass is 521 g/mol. The van der Waals surface area contributed by atoms with E-state index in [0.717, 1.165) is 53.6 Å². The number of halogens is 1. The molecule has 0 aliphatic heterocycles. The standard InChI is InChI=1S/C31H36ClNO4/c1-31(2,3)30(36-5)27-15-20(9-12-24(27)26-17-29(35-4)33-18-28(26)32)19-37-23-11-10-21-7-6-8-22(13-14-34)25(21)16-23/h9-12,14-18,22,30H,6-8,13,19H2,1-5H3. The third-order valence-electron chi connectivity index (χ3n) is 7.09. The summed E-state index contributed by atoms with van der Waals surface area (Å²) in [6.07, 6.45) is 6.27. The fourth-order valence-electron chi connectivity index (χ4n) is 5.34. The minimum atomic E-state index is -0.175. The molecule has 2 unspecified atom stereocenters. The highest BCUT2D eigenvalue weighted by atomic mass is 35.5. The van der Waals surface area contributed by atoms with E-state index >= 15 is 0 Å². The average molecular weight is 522 g/mol. The number of pyridine rings is 1. The van der Waals surface area contributed by atoms with Crippen LogP contribution >= 0.6 is 11.6 Å². The molecule has 0 spiro atoms. The molecule has 1 aliphatic carbocycles. The van der Waals surface area contributed by atoms with E-state index < -0.39 is 0 Å². The van der Waals surface area contributed by atoms with Crippen molar-refractivity contribution < 1.29 is 19.0 Å². The smallest absolute Gasteiger partial charge is 0.213 e. The molecule has 0 N–H and O–H groups in total. The van der Waals surface area contributed by atoms with Crippen LogP contribution in [0.1, 0.15) is 74.3 Å². The molecule has 1 aliphatic rings. The van der Waals surface area contributed by atoms with Gasteiger partial charge in [-0.05, 0) is 76.6 Å². The zero-order valence-corrected chi connectivity index (χ0v) is 23.1. The first-order chi connectivity index (χ1) is 17.7. The summed E-state index contributed by atoms with van der Waals surface area (Å²) in [5.41, 5.74) is 6.31. The predicted octanol–water partition coefficient (Wildman–Crippen LogP) is 7.73. The highest BCUT2D eigenvalue weighted by Crippen LogP contribution is 2.43. The largest absolute Gasteiger partial charge is 0.489 e. The molecule has 5 nitrogen and oxygen atoms in total. The molecule has 0 bridgehead atoms. The SMILES string of the molecule is COc1cc(-c2ccc(COc3ccc4c(c3)C(CC=O)CCC4)cc2C(OC)C(C)(C)C)c(Cl)cn1. The van der Waals surface area contributed by atoms with Crippen LogP contribution in [0.2, 0.25) is 5.02 Å². The van der Waals surface area contributed by atoms with E-state index in [9.17, 15) is 4.79 Å². The van der Waals surface area contributed by atoms with Crippen molar-refractivity contribution in [3.05, 3.63) is 75.9 Å². The van der Waals surface area contributed by atoms with Crippen molar-refractivity contribution in [2.75, 3.05) is 14.2 Å². The molecule has 3 aromatic rings. The van der Waals surface area contributed by atoms with Crippen molar-refractivity contribution in [3.63, 3.8) is 0 Å². The Balaban J connectivity index is 1.67. The van der Waals surface area contributed by atoms with Crippen LogP contribution in [0.4, 0.5) is 0 Å². The number of hydrogen-bond acceptors (Lipinski definition) is 5. The van der Waals surface area contributed by atoms with Crippen LogP contribution < -0.4 is 9.47 Å². The number of hydrogen-bond donors (Lipinski definition) is 0. The van der Waals surface area contributed by atoms with Gasteiger partial charge < -0.3 is 19.0 Å². The number of aromatic nitrogens is 1. The first kappa shape index (κ1) is 27.2. The number of benzene rings is 2. The lowest BCUT2D eigenvalue weighted by Crippen LogP contribution is -2.21. The summed E-state index contributed by atoms with van der Waals surface area (Å²) in [5.74, 6) is 1.61. The zero-order valence-electron chi connectivity index (χ0n) is 22.3. The number of aryl methyl sites for hydroxylation is 1. The second-order valence-corrected chi connectivity index (χ2v) is 11.2. The molecule has 6 heteroatoms. The van der Waals surface area contributed by atoms with E-state index in [1.165, 1.54) is 11.1 Å². The van der Waals surface area contributed by atoms with Crippen LogP contribution in [0.15, 0.2) is 48.7 Å². The van der Waals surface area contributed by atoms with Crippen molar-refractivity contribution in [1.82, 2.24) is 4.98 Å². The van der Waals surface area contributed by atoms with Gasteiger partial charge in [0.05, 0.1) is 24.4 Å². The molecule has 0 fully saturated rings. The Kier molecular flexibility index (Phi) is 8.56. The average Bonchev–Trinajstić information content (AvgIpc) is 2.88. The van der Waals surface area contributed by atoms with Crippen molar-refractivity contribution in [3.8, 4) is 22.8 Å². The number of nitrogens with zero attached hydrogens (tertiary/aromatic N) is 1. The van der Waals surface area contributed by atoms with Gasteiger partial charge >= 0.3 is 0 Å². The summed E-state index contributed by atoms with van der Waals surface area (Å²) in [5, 5.41) is 0.550. The fraction of sp³-hybridized carbons (Fsp3) is 0.419. The molecule has 1 aromatic heterocycles. The lowest BCUT2D eigenvalue weighted by atomic mass is 9.81. The third kappa shape index (κ3) is 6.16. The third-order valence-corrected chi connectivity index (χ3v) is 7.39. The molecule has 4 rings (SSSR count). The molecule has 2 atom stereocenters. The summed E-state index contributed by atoms with van der Waals surface area (Å²) in [7, 11) is 3.33. The van der Waals surface area contributed by atoms with Gasteiger partial charge in [0, 0.05) is 25.2 Å². The van der Waals surface area contributed by atoms with Gasteiger partial charge in [-0.15, -0.1) is 0 Å². The van der Waals surface area contributed by atoms with E-state index in [-0.39, 0.29) is 17.4 Å². The van der Waals surface area contributed by atoms with Crippen LogP contribution in [0, 0.1) is 5.41 Å². The summed E-state index contributed by atoms with van der Waals surface area (Å²) in [6, 6.07) is 14.4. The van der Waals surface area contributed by atoms with Crippen molar-refractivity contribution in [2.45, 2.75) is 65.1 Å².